The van der Waals surface area contributed by atoms with Gasteiger partial charge in [0.05, 0.1) is 9.64 Å². The van der Waals surface area contributed by atoms with E-state index >= 15 is 0 Å². The highest BCUT2D eigenvalue weighted by atomic mass is 32.3. The van der Waals surface area contributed by atoms with E-state index in [9.17, 15) is 8.42 Å². The standard InChI is InChI=1S/C26H25NO2S2/c1-18-12-14-21(15-13-18)31(28,29)27-30-17-20(3)19(2)16-26(30)24-10-6-4-8-22(24)23-9-5-7-11-25(23)26/h4-15H,16-17H2,1-3H3. The van der Waals surface area contributed by atoms with Crippen molar-refractivity contribution < 1.29 is 8.42 Å². The van der Waals surface area contributed by atoms with Gasteiger partial charge in [-0.05, 0) is 61.6 Å². The van der Waals surface area contributed by atoms with Crippen molar-refractivity contribution in [1.82, 2.24) is 0 Å². The smallest absolute Gasteiger partial charge is 0.199 e. The Morgan fingerprint density at radius 3 is 1.90 bits per heavy atom. The molecule has 0 saturated heterocycles. The number of hydrogen-bond donors (Lipinski definition) is 0. The van der Waals surface area contributed by atoms with Crippen molar-refractivity contribution in [3.05, 3.63) is 101 Å². The van der Waals surface area contributed by atoms with Crippen LogP contribution in [0.4, 0.5) is 0 Å². The molecule has 3 aromatic rings. The molecule has 0 N–H and O–H groups in total. The lowest BCUT2D eigenvalue weighted by Gasteiger charge is -2.39. The van der Waals surface area contributed by atoms with Gasteiger partial charge in [-0.25, -0.2) is 0 Å². The molecule has 1 heterocycles. The Labute approximate surface area is 187 Å². The molecule has 158 valence electrons. The van der Waals surface area contributed by atoms with Crippen LogP contribution in [0.3, 0.4) is 0 Å². The predicted octanol–water partition coefficient (Wildman–Crippen LogP) is 6.15. The first-order chi connectivity index (χ1) is 14.8. The van der Waals surface area contributed by atoms with Gasteiger partial charge in [-0.2, -0.15) is 8.42 Å². The minimum atomic E-state index is -3.77. The van der Waals surface area contributed by atoms with Gasteiger partial charge in [-0.1, -0.05) is 88.1 Å². The predicted molar refractivity (Wildman–Crippen MR) is 129 cm³/mol. The summed E-state index contributed by atoms with van der Waals surface area (Å²) in [6.45, 7) is 6.24. The number of rotatable bonds is 2. The van der Waals surface area contributed by atoms with Crippen LogP contribution in [0.15, 0.2) is 92.6 Å². The van der Waals surface area contributed by atoms with Gasteiger partial charge in [0.15, 0.2) is 0 Å². The van der Waals surface area contributed by atoms with E-state index in [4.69, 9.17) is 0 Å². The van der Waals surface area contributed by atoms with Gasteiger partial charge in [-0.15, -0.1) is 3.77 Å². The molecule has 1 atom stereocenters. The van der Waals surface area contributed by atoms with Crippen LogP contribution in [0.1, 0.15) is 37.0 Å². The Balaban J connectivity index is 1.80. The molecule has 31 heavy (non-hydrogen) atoms. The Morgan fingerprint density at radius 1 is 0.774 bits per heavy atom. The van der Waals surface area contributed by atoms with E-state index in [2.05, 4.69) is 66.1 Å². The van der Waals surface area contributed by atoms with E-state index in [1.165, 1.54) is 33.4 Å². The van der Waals surface area contributed by atoms with Crippen molar-refractivity contribution in [2.75, 3.05) is 5.75 Å². The molecule has 0 radical (unpaired) electrons. The minimum absolute atomic E-state index is 0.268. The van der Waals surface area contributed by atoms with Crippen LogP contribution in [-0.2, 0) is 25.5 Å². The number of sulfonamides is 1. The van der Waals surface area contributed by atoms with Crippen LogP contribution >= 0.6 is 0 Å². The fourth-order valence-corrected chi connectivity index (χ4v) is 9.39. The zero-order valence-electron chi connectivity index (χ0n) is 17.9. The molecule has 1 spiro atoms. The summed E-state index contributed by atoms with van der Waals surface area (Å²) in [6, 6.07) is 23.9. The number of benzene rings is 3. The first-order valence-corrected chi connectivity index (χ1v) is 13.2. The fourth-order valence-electron chi connectivity index (χ4n) is 4.75. The maximum atomic E-state index is 13.4. The minimum Gasteiger partial charge on any atom is -0.199 e. The molecule has 0 amide bonds. The summed E-state index contributed by atoms with van der Waals surface area (Å²) in [5, 5.41) is 0. The third kappa shape index (κ3) is 3.14. The molecule has 0 bridgehead atoms. The summed E-state index contributed by atoms with van der Waals surface area (Å²) in [7, 11) is -4.52. The molecule has 0 saturated carbocycles. The van der Waals surface area contributed by atoms with Gasteiger partial charge in [0.25, 0.3) is 10.0 Å². The van der Waals surface area contributed by atoms with Gasteiger partial charge < -0.3 is 0 Å². The van der Waals surface area contributed by atoms with Gasteiger partial charge >= 0.3 is 0 Å². The molecule has 1 aliphatic heterocycles. The van der Waals surface area contributed by atoms with Crippen molar-refractivity contribution in [3.8, 4) is 11.1 Å². The largest absolute Gasteiger partial charge is 0.287 e. The van der Waals surface area contributed by atoms with Gasteiger partial charge in [0.1, 0.15) is 0 Å². The Kier molecular flexibility index (Phi) is 4.79. The van der Waals surface area contributed by atoms with E-state index in [0.717, 1.165) is 12.0 Å². The monoisotopic (exact) mass is 447 g/mol. The second-order valence-electron chi connectivity index (χ2n) is 8.53. The van der Waals surface area contributed by atoms with Crippen LogP contribution in [0.5, 0.6) is 0 Å². The molecule has 3 nitrogen and oxygen atoms in total. The third-order valence-electron chi connectivity index (χ3n) is 6.52. The molecule has 5 rings (SSSR count). The number of hydrogen-bond acceptors (Lipinski definition) is 2. The van der Waals surface area contributed by atoms with Gasteiger partial charge in [0.2, 0.25) is 0 Å². The van der Waals surface area contributed by atoms with Crippen LogP contribution in [0.2, 0.25) is 0 Å². The second-order valence-corrected chi connectivity index (χ2v) is 12.3. The van der Waals surface area contributed by atoms with E-state index in [1.807, 2.05) is 19.1 Å². The lowest BCUT2D eigenvalue weighted by atomic mass is 9.87. The topological polar surface area (TPSA) is 46.5 Å². The molecule has 5 heteroatoms. The van der Waals surface area contributed by atoms with E-state index in [-0.39, 0.29) is 4.90 Å². The molecule has 0 fully saturated rings. The second kappa shape index (κ2) is 7.28. The fraction of sp³-hybridized carbons (Fsp3) is 0.231. The summed E-state index contributed by atoms with van der Waals surface area (Å²) in [4.78, 5) is 0.268. The van der Waals surface area contributed by atoms with Crippen molar-refractivity contribution in [3.63, 3.8) is 0 Å². The van der Waals surface area contributed by atoms with Crippen molar-refractivity contribution in [1.29, 1.82) is 0 Å². The lowest BCUT2D eigenvalue weighted by molar-refractivity contribution is 0.598. The maximum Gasteiger partial charge on any atom is 0.287 e. The number of aryl methyl sites for hydroxylation is 1. The number of fused-ring (bicyclic) bond motifs is 5. The SMILES string of the molecule is CC1=C(C)CC2(c3ccccc3-c3ccccc32)/S(=N/S(=O)(=O)c2ccc(C)cc2)C1. The molecule has 1 aliphatic carbocycles. The van der Waals surface area contributed by atoms with E-state index in [0.29, 0.717) is 5.75 Å². The van der Waals surface area contributed by atoms with Crippen molar-refractivity contribution in [2.24, 2.45) is 3.77 Å². The van der Waals surface area contributed by atoms with Crippen LogP contribution in [0, 0.1) is 6.92 Å². The number of nitrogens with zero attached hydrogens (tertiary/aromatic N) is 1. The summed E-state index contributed by atoms with van der Waals surface area (Å²) >= 11 is 0. The van der Waals surface area contributed by atoms with Gasteiger partial charge in [-0.3, -0.25) is 0 Å². The summed E-state index contributed by atoms with van der Waals surface area (Å²) in [5.41, 5.74) is 8.42. The number of allylic oxidation sites excluding steroid dienone is 1. The van der Waals surface area contributed by atoms with E-state index < -0.39 is 25.5 Å². The molecule has 0 aromatic heterocycles. The molecule has 1 unspecified atom stereocenters. The Morgan fingerprint density at radius 2 is 1.32 bits per heavy atom. The highest BCUT2D eigenvalue weighted by Gasteiger charge is 2.48. The Bertz CT molecular complexity index is 1320. The van der Waals surface area contributed by atoms with Crippen LogP contribution < -0.4 is 0 Å². The maximum absolute atomic E-state index is 13.4. The zero-order chi connectivity index (χ0) is 21.8. The van der Waals surface area contributed by atoms with E-state index in [1.54, 1.807) is 12.1 Å². The summed E-state index contributed by atoms with van der Waals surface area (Å²) < 4.78 is 31.0. The lowest BCUT2D eigenvalue weighted by Crippen LogP contribution is -2.36. The Hall–Kier alpha value is -2.50. The normalized spacial score (nSPS) is 19.5. The average Bonchev–Trinajstić information content (AvgIpc) is 3.03. The van der Waals surface area contributed by atoms with Crippen LogP contribution in [-0.4, -0.2) is 14.2 Å². The molecule has 2 aliphatic rings. The first kappa shape index (κ1) is 20.4. The summed E-state index contributed by atoms with van der Waals surface area (Å²) in [5.74, 6) is 0.666. The highest BCUT2D eigenvalue weighted by Crippen LogP contribution is 2.56. The highest BCUT2D eigenvalue weighted by molar-refractivity contribution is 8.00. The van der Waals surface area contributed by atoms with Crippen molar-refractivity contribution in [2.45, 2.75) is 36.8 Å². The zero-order valence-corrected chi connectivity index (χ0v) is 19.6. The first-order valence-electron chi connectivity index (χ1n) is 10.4. The van der Waals surface area contributed by atoms with Gasteiger partial charge in [0, 0.05) is 5.75 Å². The molecular weight excluding hydrogens is 422 g/mol. The van der Waals surface area contributed by atoms with Crippen molar-refractivity contribution >= 4 is 20.7 Å². The van der Waals surface area contributed by atoms with Crippen LogP contribution in [0.25, 0.3) is 11.1 Å². The average molecular weight is 448 g/mol. The molecule has 3 aromatic carbocycles. The molecular formula is C26H25NO2S2. The summed E-state index contributed by atoms with van der Waals surface area (Å²) in [6.07, 6.45) is 0.795. The third-order valence-corrected chi connectivity index (χ3v) is 11.0. The quantitative estimate of drug-likeness (QED) is 0.442.